The normalized spacial score (nSPS) is 10.8. The summed E-state index contributed by atoms with van der Waals surface area (Å²) in [5.74, 6) is 1.61. The van der Waals surface area contributed by atoms with Crippen LogP contribution in [0, 0.1) is 6.92 Å². The van der Waals surface area contributed by atoms with E-state index >= 15 is 0 Å². The third-order valence-corrected chi connectivity index (χ3v) is 2.34. The molecule has 0 aliphatic carbocycles. The molecule has 0 unspecified atom stereocenters. The Labute approximate surface area is 82.2 Å². The van der Waals surface area contributed by atoms with Gasteiger partial charge in [0.05, 0.1) is 5.69 Å². The predicted octanol–water partition coefficient (Wildman–Crippen LogP) is 1.04. The van der Waals surface area contributed by atoms with Crippen molar-refractivity contribution in [3.05, 3.63) is 17.6 Å². The number of aromatic nitrogens is 4. The van der Waals surface area contributed by atoms with Gasteiger partial charge in [0.25, 0.3) is 5.78 Å². The molecule has 2 aromatic heterocycles. The Morgan fingerprint density at radius 2 is 2.29 bits per heavy atom. The molecule has 2 rings (SSSR count). The van der Waals surface area contributed by atoms with Crippen molar-refractivity contribution < 1.29 is 0 Å². The average Bonchev–Trinajstić information content (AvgIpc) is 2.64. The molecule has 1 N–H and O–H groups in total. The summed E-state index contributed by atoms with van der Waals surface area (Å²) >= 11 is 0. The van der Waals surface area contributed by atoms with Gasteiger partial charge in [-0.3, -0.25) is 0 Å². The minimum atomic E-state index is 0.650. The van der Waals surface area contributed by atoms with Gasteiger partial charge in [0.1, 0.15) is 12.1 Å². The monoisotopic (exact) mass is 191 g/mol. The highest BCUT2D eigenvalue weighted by Gasteiger charge is 2.10. The molecule has 0 aromatic carbocycles. The van der Waals surface area contributed by atoms with Crippen LogP contribution >= 0.6 is 0 Å². The molecule has 0 amide bonds. The second-order valence-electron chi connectivity index (χ2n) is 3.11. The van der Waals surface area contributed by atoms with Crippen LogP contribution in [0.4, 0.5) is 5.82 Å². The number of rotatable bonds is 2. The third-order valence-electron chi connectivity index (χ3n) is 2.34. The lowest BCUT2D eigenvalue weighted by molar-refractivity contribution is 0.898. The summed E-state index contributed by atoms with van der Waals surface area (Å²) in [7, 11) is 1.88. The van der Waals surface area contributed by atoms with Crippen molar-refractivity contribution in [1.29, 1.82) is 0 Å². The van der Waals surface area contributed by atoms with Gasteiger partial charge in [-0.1, -0.05) is 6.92 Å². The SMILES string of the molecule is CCc1nc2ncnn2c(NC)c1C. The molecular weight excluding hydrogens is 178 g/mol. The number of hydrogen-bond acceptors (Lipinski definition) is 4. The fraction of sp³-hybridized carbons (Fsp3) is 0.444. The van der Waals surface area contributed by atoms with Gasteiger partial charge >= 0.3 is 0 Å². The van der Waals surface area contributed by atoms with Crippen LogP contribution in [0.5, 0.6) is 0 Å². The lowest BCUT2D eigenvalue weighted by Gasteiger charge is -2.09. The first-order valence-corrected chi connectivity index (χ1v) is 4.65. The van der Waals surface area contributed by atoms with Gasteiger partial charge in [0, 0.05) is 12.6 Å². The van der Waals surface area contributed by atoms with Crippen molar-refractivity contribution in [2.75, 3.05) is 12.4 Å². The molecule has 0 fully saturated rings. The fourth-order valence-electron chi connectivity index (χ4n) is 1.61. The highest BCUT2D eigenvalue weighted by molar-refractivity contribution is 5.51. The number of anilines is 1. The zero-order valence-electron chi connectivity index (χ0n) is 8.57. The Morgan fingerprint density at radius 1 is 1.50 bits per heavy atom. The highest BCUT2D eigenvalue weighted by atomic mass is 15.3. The topological polar surface area (TPSA) is 55.1 Å². The number of nitrogens with one attached hydrogen (secondary N) is 1. The van der Waals surface area contributed by atoms with E-state index in [-0.39, 0.29) is 0 Å². The summed E-state index contributed by atoms with van der Waals surface area (Å²) in [4.78, 5) is 8.49. The number of aryl methyl sites for hydroxylation is 1. The Hall–Kier alpha value is -1.65. The largest absolute Gasteiger partial charge is 0.373 e. The second kappa shape index (κ2) is 3.25. The summed E-state index contributed by atoms with van der Waals surface area (Å²) in [6.45, 7) is 4.13. The molecule has 0 saturated heterocycles. The minimum absolute atomic E-state index is 0.650. The summed E-state index contributed by atoms with van der Waals surface area (Å²) in [5, 5.41) is 7.23. The first-order valence-electron chi connectivity index (χ1n) is 4.65. The van der Waals surface area contributed by atoms with Gasteiger partial charge in [0.2, 0.25) is 0 Å². The number of nitrogens with zero attached hydrogens (tertiary/aromatic N) is 4. The summed E-state index contributed by atoms with van der Waals surface area (Å²) in [6.07, 6.45) is 2.42. The van der Waals surface area contributed by atoms with Gasteiger partial charge < -0.3 is 5.32 Å². The predicted molar refractivity (Wildman–Crippen MR) is 54.4 cm³/mol. The lowest BCUT2D eigenvalue weighted by atomic mass is 10.2. The van der Waals surface area contributed by atoms with E-state index in [0.717, 1.165) is 23.5 Å². The number of fused-ring (bicyclic) bond motifs is 1. The van der Waals surface area contributed by atoms with Crippen LogP contribution in [0.15, 0.2) is 6.33 Å². The summed E-state index contributed by atoms with van der Waals surface area (Å²) in [6, 6.07) is 0. The maximum atomic E-state index is 4.41. The molecule has 0 atom stereocenters. The quantitative estimate of drug-likeness (QED) is 0.770. The van der Waals surface area contributed by atoms with Crippen LogP contribution in [0.1, 0.15) is 18.2 Å². The van der Waals surface area contributed by atoms with E-state index in [1.54, 1.807) is 4.52 Å². The maximum Gasteiger partial charge on any atom is 0.254 e. The molecule has 2 aromatic rings. The molecule has 5 nitrogen and oxygen atoms in total. The summed E-state index contributed by atoms with van der Waals surface area (Å²) < 4.78 is 1.72. The van der Waals surface area contributed by atoms with Crippen molar-refractivity contribution in [3.8, 4) is 0 Å². The van der Waals surface area contributed by atoms with E-state index in [1.807, 2.05) is 14.0 Å². The van der Waals surface area contributed by atoms with E-state index in [9.17, 15) is 0 Å². The highest BCUT2D eigenvalue weighted by Crippen LogP contribution is 2.17. The average molecular weight is 191 g/mol. The molecule has 0 bridgehead atoms. The van der Waals surface area contributed by atoms with Crippen LogP contribution in [0.25, 0.3) is 5.78 Å². The van der Waals surface area contributed by atoms with Crippen molar-refractivity contribution >= 4 is 11.6 Å². The van der Waals surface area contributed by atoms with Gasteiger partial charge in [0.15, 0.2) is 0 Å². The van der Waals surface area contributed by atoms with E-state index in [0.29, 0.717) is 5.78 Å². The molecule has 0 saturated carbocycles. The second-order valence-corrected chi connectivity index (χ2v) is 3.11. The van der Waals surface area contributed by atoms with Crippen LogP contribution in [-0.2, 0) is 6.42 Å². The van der Waals surface area contributed by atoms with Crippen molar-refractivity contribution in [2.45, 2.75) is 20.3 Å². The van der Waals surface area contributed by atoms with Gasteiger partial charge in [-0.15, -0.1) is 0 Å². The molecule has 74 valence electrons. The van der Waals surface area contributed by atoms with Crippen LogP contribution in [-0.4, -0.2) is 26.6 Å². The smallest absolute Gasteiger partial charge is 0.254 e. The van der Waals surface area contributed by atoms with Gasteiger partial charge in [-0.2, -0.15) is 14.6 Å². The molecule has 14 heavy (non-hydrogen) atoms. The zero-order valence-corrected chi connectivity index (χ0v) is 8.57. The van der Waals surface area contributed by atoms with Gasteiger partial charge in [-0.25, -0.2) is 4.98 Å². The lowest BCUT2D eigenvalue weighted by Crippen LogP contribution is -2.07. The Bertz CT molecular complexity index is 459. The minimum Gasteiger partial charge on any atom is -0.373 e. The molecule has 0 radical (unpaired) electrons. The first kappa shape index (κ1) is 8.93. The molecular formula is C9H13N5. The van der Waals surface area contributed by atoms with E-state index < -0.39 is 0 Å². The van der Waals surface area contributed by atoms with Crippen LogP contribution in [0.3, 0.4) is 0 Å². The van der Waals surface area contributed by atoms with Crippen molar-refractivity contribution in [1.82, 2.24) is 19.6 Å². The fourth-order valence-corrected chi connectivity index (χ4v) is 1.61. The Balaban J connectivity index is 2.80. The third kappa shape index (κ3) is 1.13. The molecule has 0 spiro atoms. The maximum absolute atomic E-state index is 4.41. The van der Waals surface area contributed by atoms with Crippen LogP contribution in [0.2, 0.25) is 0 Å². The zero-order chi connectivity index (χ0) is 10.1. The molecule has 0 aliphatic heterocycles. The molecule has 2 heterocycles. The van der Waals surface area contributed by atoms with Crippen LogP contribution < -0.4 is 5.32 Å². The van der Waals surface area contributed by atoms with E-state index in [2.05, 4.69) is 27.3 Å². The van der Waals surface area contributed by atoms with Gasteiger partial charge in [-0.05, 0) is 13.3 Å². The first-order chi connectivity index (χ1) is 6.77. The molecule has 0 aliphatic rings. The Morgan fingerprint density at radius 3 is 2.93 bits per heavy atom. The molecule has 5 heteroatoms. The summed E-state index contributed by atoms with van der Waals surface area (Å²) in [5.41, 5.74) is 2.20. The Kier molecular flexibility index (Phi) is 2.07. The van der Waals surface area contributed by atoms with E-state index in [4.69, 9.17) is 0 Å². The van der Waals surface area contributed by atoms with Crippen molar-refractivity contribution in [3.63, 3.8) is 0 Å². The standard InChI is InChI=1S/C9H13N5/c1-4-7-6(2)8(10-3)14-9(13-7)11-5-12-14/h5,10H,4H2,1-3H3. The van der Waals surface area contributed by atoms with E-state index in [1.165, 1.54) is 6.33 Å². The number of hydrogen-bond donors (Lipinski definition) is 1. The van der Waals surface area contributed by atoms with Crippen molar-refractivity contribution in [2.24, 2.45) is 0 Å².